The largest absolute Gasteiger partial charge is 0.366 e. The number of nitriles is 1. The van der Waals surface area contributed by atoms with Crippen LogP contribution in [0.15, 0.2) is 24.3 Å². The summed E-state index contributed by atoms with van der Waals surface area (Å²) in [5.41, 5.74) is 7.43. The minimum Gasteiger partial charge on any atom is -0.366 e. The highest BCUT2D eigenvalue weighted by atomic mass is 19.1. The molecule has 32 heavy (non-hydrogen) atoms. The second-order valence-corrected chi connectivity index (χ2v) is 10.5. The summed E-state index contributed by atoms with van der Waals surface area (Å²) in [6.45, 7) is 10.9. The Kier molecular flexibility index (Phi) is 4.34. The van der Waals surface area contributed by atoms with Crippen LogP contribution in [0.2, 0.25) is 0 Å². The third kappa shape index (κ3) is 2.68. The van der Waals surface area contributed by atoms with Gasteiger partial charge in [-0.3, -0.25) is 0 Å². The molecule has 2 aromatic rings. The Morgan fingerprint density at radius 3 is 2.81 bits per heavy atom. The average molecular weight is 432 g/mol. The molecule has 5 nitrogen and oxygen atoms in total. The summed E-state index contributed by atoms with van der Waals surface area (Å²) in [4.78, 5) is 4.93. The van der Waals surface area contributed by atoms with E-state index in [0.717, 1.165) is 56.0 Å². The summed E-state index contributed by atoms with van der Waals surface area (Å²) in [5, 5.41) is 17.2. The maximum Gasteiger partial charge on any atom is 0.129 e. The third-order valence-corrected chi connectivity index (χ3v) is 8.01. The Bertz CT molecular complexity index is 1150. The van der Waals surface area contributed by atoms with Crippen LogP contribution >= 0.6 is 0 Å². The van der Waals surface area contributed by atoms with Crippen molar-refractivity contribution in [3.05, 3.63) is 57.9 Å². The maximum atomic E-state index is 15.1. The highest BCUT2D eigenvalue weighted by Gasteiger charge is 2.46. The quantitative estimate of drug-likeness (QED) is 0.725. The Hall–Kier alpha value is -2.62. The molecule has 3 atom stereocenters. The van der Waals surface area contributed by atoms with Gasteiger partial charge in [0.25, 0.3) is 0 Å². The molecule has 6 heteroatoms. The first-order chi connectivity index (χ1) is 15.4. The van der Waals surface area contributed by atoms with E-state index in [0.29, 0.717) is 6.04 Å². The predicted molar refractivity (Wildman–Crippen MR) is 125 cm³/mol. The van der Waals surface area contributed by atoms with E-state index in [2.05, 4.69) is 53.3 Å². The summed E-state index contributed by atoms with van der Waals surface area (Å²) >= 11 is 0. The van der Waals surface area contributed by atoms with Crippen LogP contribution in [-0.4, -0.2) is 38.3 Å². The monoisotopic (exact) mass is 431 g/mol. The zero-order chi connectivity index (χ0) is 22.2. The molecule has 2 N–H and O–H groups in total. The summed E-state index contributed by atoms with van der Waals surface area (Å²) < 4.78 is 15.1. The van der Waals surface area contributed by atoms with Crippen molar-refractivity contribution in [2.45, 2.75) is 57.3 Å². The van der Waals surface area contributed by atoms with Crippen LogP contribution in [0.5, 0.6) is 0 Å². The van der Waals surface area contributed by atoms with Gasteiger partial charge in [-0.05, 0) is 42.2 Å². The van der Waals surface area contributed by atoms with Gasteiger partial charge in [-0.25, -0.2) is 4.39 Å². The topological polar surface area (TPSA) is 54.3 Å². The first kappa shape index (κ1) is 20.0. The normalized spacial score (nSPS) is 27.4. The molecule has 0 saturated carbocycles. The van der Waals surface area contributed by atoms with Crippen molar-refractivity contribution in [3.8, 4) is 6.07 Å². The lowest BCUT2D eigenvalue weighted by Crippen LogP contribution is -2.46. The molecule has 166 valence electrons. The molecule has 0 saturated heterocycles. The van der Waals surface area contributed by atoms with Crippen LogP contribution in [0.1, 0.15) is 54.6 Å². The zero-order valence-electron chi connectivity index (χ0n) is 19.0. The highest BCUT2D eigenvalue weighted by molar-refractivity contribution is 5.73. The number of rotatable bonds is 1. The maximum absolute atomic E-state index is 15.1. The van der Waals surface area contributed by atoms with Gasteiger partial charge in [-0.1, -0.05) is 26.0 Å². The predicted octanol–water partition coefficient (Wildman–Crippen LogP) is 3.36. The molecule has 2 aromatic carbocycles. The van der Waals surface area contributed by atoms with E-state index in [4.69, 9.17) is 0 Å². The highest BCUT2D eigenvalue weighted by Crippen LogP contribution is 2.50. The number of nitrogens with one attached hydrogen (secondary N) is 2. The molecule has 0 aromatic heterocycles. The Morgan fingerprint density at radius 2 is 2.00 bits per heavy atom. The van der Waals surface area contributed by atoms with E-state index in [-0.39, 0.29) is 23.3 Å². The molecule has 0 aliphatic carbocycles. The van der Waals surface area contributed by atoms with Gasteiger partial charge in [-0.2, -0.15) is 5.26 Å². The summed E-state index contributed by atoms with van der Waals surface area (Å²) in [6.07, 6.45) is 0.841. The van der Waals surface area contributed by atoms with E-state index in [1.54, 1.807) is 6.07 Å². The molecular formula is C26H30FN5. The van der Waals surface area contributed by atoms with Crippen molar-refractivity contribution in [3.63, 3.8) is 0 Å². The van der Waals surface area contributed by atoms with Gasteiger partial charge in [0.05, 0.1) is 23.7 Å². The molecule has 0 spiro atoms. The molecular weight excluding hydrogens is 401 g/mol. The van der Waals surface area contributed by atoms with Crippen molar-refractivity contribution in [2.75, 3.05) is 36.0 Å². The molecule has 0 amide bonds. The van der Waals surface area contributed by atoms with E-state index >= 15 is 4.39 Å². The van der Waals surface area contributed by atoms with Gasteiger partial charge >= 0.3 is 0 Å². The lowest BCUT2D eigenvalue weighted by atomic mass is 9.84. The van der Waals surface area contributed by atoms with Crippen molar-refractivity contribution < 1.29 is 4.39 Å². The third-order valence-electron chi connectivity index (χ3n) is 8.01. The van der Waals surface area contributed by atoms with Crippen molar-refractivity contribution in [1.82, 2.24) is 10.6 Å². The Labute approximate surface area is 189 Å². The van der Waals surface area contributed by atoms with Crippen molar-refractivity contribution >= 4 is 11.4 Å². The Balaban J connectivity index is 1.51. The molecule has 0 fully saturated rings. The van der Waals surface area contributed by atoms with E-state index in [1.165, 1.54) is 22.4 Å². The van der Waals surface area contributed by atoms with E-state index in [9.17, 15) is 5.26 Å². The SMILES string of the molecule is CC1CNC(C2Cc3c(C#N)ccc4c3N2CCNC4)c2ccc(F)c3c2N1CC3(C)C. The minimum atomic E-state index is -0.210. The average Bonchev–Trinajstić information content (AvgIpc) is 3.13. The fourth-order valence-corrected chi connectivity index (χ4v) is 6.59. The molecule has 6 rings (SSSR count). The van der Waals surface area contributed by atoms with Crippen LogP contribution in [0.4, 0.5) is 15.8 Å². The van der Waals surface area contributed by atoms with Crippen LogP contribution < -0.4 is 20.4 Å². The summed E-state index contributed by atoms with van der Waals surface area (Å²) in [6, 6.07) is 10.7. The smallest absolute Gasteiger partial charge is 0.129 e. The van der Waals surface area contributed by atoms with Crippen LogP contribution in [0, 0.1) is 17.1 Å². The number of hydrogen-bond donors (Lipinski definition) is 2. The Morgan fingerprint density at radius 1 is 1.16 bits per heavy atom. The lowest BCUT2D eigenvalue weighted by molar-refractivity contribution is 0.416. The van der Waals surface area contributed by atoms with Gasteiger partial charge in [0.15, 0.2) is 0 Å². The molecule has 4 aliphatic heterocycles. The lowest BCUT2D eigenvalue weighted by Gasteiger charge is -2.34. The second kappa shape index (κ2) is 6.94. The number of halogens is 1. The summed E-state index contributed by atoms with van der Waals surface area (Å²) in [5.74, 6) is -0.0909. The fraction of sp³-hybridized carbons (Fsp3) is 0.500. The van der Waals surface area contributed by atoms with Crippen molar-refractivity contribution in [2.24, 2.45) is 0 Å². The van der Waals surface area contributed by atoms with Gasteiger partial charge < -0.3 is 20.4 Å². The first-order valence-corrected chi connectivity index (χ1v) is 11.8. The first-order valence-electron chi connectivity index (χ1n) is 11.8. The van der Waals surface area contributed by atoms with Crippen LogP contribution in [-0.2, 0) is 18.4 Å². The molecule has 0 bridgehead atoms. The van der Waals surface area contributed by atoms with Crippen molar-refractivity contribution in [1.29, 1.82) is 5.26 Å². The zero-order valence-corrected chi connectivity index (χ0v) is 19.0. The molecule has 3 unspecified atom stereocenters. The number of hydrogen-bond acceptors (Lipinski definition) is 5. The van der Waals surface area contributed by atoms with Gasteiger partial charge in [0.2, 0.25) is 0 Å². The van der Waals surface area contributed by atoms with Gasteiger partial charge in [-0.15, -0.1) is 0 Å². The summed E-state index contributed by atoms with van der Waals surface area (Å²) in [7, 11) is 0. The van der Waals surface area contributed by atoms with Crippen LogP contribution in [0.25, 0.3) is 0 Å². The number of benzene rings is 2. The van der Waals surface area contributed by atoms with E-state index in [1.807, 2.05) is 12.1 Å². The molecule has 0 radical (unpaired) electrons. The standard InChI is InChI=1S/C26H30FN5/c1-15-12-30-23(18-6-7-20(27)22-25(18)32(15)14-26(22,2)3)21-10-19-16(11-28)4-5-17-13-29-8-9-31(21)24(17)19/h4-7,15,21,23,29-30H,8-10,12-14H2,1-3H3. The van der Waals surface area contributed by atoms with Gasteiger partial charge in [0, 0.05) is 61.1 Å². The molecule has 4 aliphatic rings. The van der Waals surface area contributed by atoms with Crippen LogP contribution in [0.3, 0.4) is 0 Å². The van der Waals surface area contributed by atoms with Gasteiger partial charge in [0.1, 0.15) is 5.82 Å². The minimum absolute atomic E-state index is 0.0793. The van der Waals surface area contributed by atoms with E-state index < -0.39 is 0 Å². The fourth-order valence-electron chi connectivity index (χ4n) is 6.59. The molecule has 4 heterocycles. The second-order valence-electron chi connectivity index (χ2n) is 10.5. The number of nitrogens with zero attached hydrogens (tertiary/aromatic N) is 3. The number of anilines is 2.